The van der Waals surface area contributed by atoms with E-state index < -0.39 is 0 Å². The van der Waals surface area contributed by atoms with E-state index in [-0.39, 0.29) is 11.4 Å². The van der Waals surface area contributed by atoms with Gasteiger partial charge in [0.1, 0.15) is 4.88 Å². The maximum absolute atomic E-state index is 11.7. The van der Waals surface area contributed by atoms with Crippen molar-refractivity contribution >= 4 is 23.0 Å². The second kappa shape index (κ2) is 6.58. The van der Waals surface area contributed by atoms with Gasteiger partial charge in [0.05, 0.1) is 18.1 Å². The van der Waals surface area contributed by atoms with Crippen LogP contribution in [0, 0.1) is 23.7 Å². The molecule has 0 bridgehead atoms. The van der Waals surface area contributed by atoms with Gasteiger partial charge < -0.3 is 10.5 Å². The zero-order chi connectivity index (χ0) is 14.5. The molecule has 104 valence electrons. The van der Waals surface area contributed by atoms with Crippen LogP contribution in [0.4, 0.5) is 5.69 Å². The lowest BCUT2D eigenvalue weighted by molar-refractivity contribution is 0.0502. The fourth-order valence-corrected chi connectivity index (χ4v) is 2.39. The predicted molar refractivity (Wildman–Crippen MR) is 77.0 cm³/mol. The van der Waals surface area contributed by atoms with Crippen LogP contribution in [0.3, 0.4) is 0 Å². The van der Waals surface area contributed by atoms with Crippen LogP contribution in [0.5, 0.6) is 0 Å². The molecule has 5 heteroatoms. The summed E-state index contributed by atoms with van der Waals surface area (Å²) in [6, 6.07) is 3.91. The minimum atomic E-state index is -0.315. The number of aryl methyl sites for hydroxylation is 1. The Morgan fingerprint density at radius 2 is 2.21 bits per heavy atom. The zero-order valence-electron chi connectivity index (χ0n) is 11.7. The van der Waals surface area contributed by atoms with Gasteiger partial charge in [-0.3, -0.25) is 0 Å². The fourth-order valence-electron chi connectivity index (χ4n) is 1.56. The highest BCUT2D eigenvalue weighted by Crippen LogP contribution is 2.24. The van der Waals surface area contributed by atoms with E-state index in [1.807, 2.05) is 20.8 Å². The van der Waals surface area contributed by atoms with Crippen molar-refractivity contribution in [2.24, 2.45) is 5.41 Å². The first-order chi connectivity index (χ1) is 8.85. The average Bonchev–Trinajstić information content (AvgIpc) is 2.69. The number of carbonyl (C=O) groups excluding carboxylic acids is 1. The van der Waals surface area contributed by atoms with Crippen LogP contribution < -0.4 is 5.73 Å². The number of hydrogen-bond acceptors (Lipinski definition) is 5. The monoisotopic (exact) mass is 280 g/mol. The second-order valence-corrected chi connectivity index (χ2v) is 6.47. The number of nitrogens with zero attached hydrogens (tertiary/aromatic N) is 1. The average molecular weight is 280 g/mol. The van der Waals surface area contributed by atoms with Crippen LogP contribution in [0.25, 0.3) is 0 Å². The number of thiophene rings is 1. The topological polar surface area (TPSA) is 76.1 Å². The van der Waals surface area contributed by atoms with Gasteiger partial charge in [0.2, 0.25) is 0 Å². The number of nitriles is 1. The van der Waals surface area contributed by atoms with Crippen molar-refractivity contribution < 1.29 is 9.53 Å². The van der Waals surface area contributed by atoms with Crippen LogP contribution in [0.15, 0.2) is 6.07 Å². The summed E-state index contributed by atoms with van der Waals surface area (Å²) in [5.41, 5.74) is 6.02. The molecule has 0 aliphatic rings. The van der Waals surface area contributed by atoms with E-state index in [1.165, 1.54) is 11.3 Å². The number of rotatable bonds is 6. The highest BCUT2D eigenvalue weighted by Gasteiger charge is 2.16. The lowest BCUT2D eigenvalue weighted by Gasteiger charge is -2.14. The number of carbonyl (C=O) groups is 1. The smallest absolute Gasteiger partial charge is 0.348 e. The molecule has 1 aromatic rings. The molecular formula is C14H20N2O2S. The van der Waals surface area contributed by atoms with E-state index in [0.29, 0.717) is 17.2 Å². The number of esters is 1. The second-order valence-electron chi connectivity index (χ2n) is 5.21. The molecule has 4 nitrogen and oxygen atoms in total. The van der Waals surface area contributed by atoms with Crippen LogP contribution in [0.1, 0.15) is 47.7 Å². The highest BCUT2D eigenvalue weighted by atomic mass is 32.1. The summed E-state index contributed by atoms with van der Waals surface area (Å²) in [6.07, 6.45) is 2.46. The van der Waals surface area contributed by atoms with Gasteiger partial charge in [-0.25, -0.2) is 4.79 Å². The first kappa shape index (κ1) is 15.5. The maximum Gasteiger partial charge on any atom is 0.348 e. The minimum Gasteiger partial charge on any atom is -0.462 e. The molecule has 0 unspecified atom stereocenters. The summed E-state index contributed by atoms with van der Waals surface area (Å²) < 4.78 is 5.18. The Balaban J connectivity index is 2.27. The summed E-state index contributed by atoms with van der Waals surface area (Å²) >= 11 is 1.35. The molecule has 2 N–H and O–H groups in total. The normalized spacial score (nSPS) is 11.1. The molecule has 0 aliphatic carbocycles. The Bertz CT molecular complexity index is 467. The molecule has 0 atom stereocenters. The molecule has 0 amide bonds. The van der Waals surface area contributed by atoms with Gasteiger partial charge in [0.25, 0.3) is 0 Å². The lowest BCUT2D eigenvalue weighted by Crippen LogP contribution is -2.09. The third-order valence-electron chi connectivity index (χ3n) is 2.89. The number of nitrogen functional groups attached to an aromatic ring is 1. The Labute approximate surface area is 118 Å². The lowest BCUT2D eigenvalue weighted by atomic mass is 9.89. The van der Waals surface area contributed by atoms with Crippen molar-refractivity contribution in [3.05, 3.63) is 15.8 Å². The number of anilines is 1. The van der Waals surface area contributed by atoms with Crippen molar-refractivity contribution in [2.45, 2.75) is 40.0 Å². The standard InChI is InChI=1S/C14H20N2O2S/c1-10-11(16)8-12(19-10)13(17)18-7-5-4-6-14(2,3)9-15/h8H,4-7,16H2,1-3H3. The molecule has 0 aliphatic heterocycles. The summed E-state index contributed by atoms with van der Waals surface area (Å²) in [6.45, 7) is 6.09. The molecule has 0 saturated heterocycles. The molecular weight excluding hydrogens is 260 g/mol. The van der Waals surface area contributed by atoms with Gasteiger partial charge in [-0.15, -0.1) is 11.3 Å². The number of unbranched alkanes of at least 4 members (excludes halogenated alkanes) is 1. The van der Waals surface area contributed by atoms with Gasteiger partial charge in [-0.05, 0) is 46.1 Å². The largest absolute Gasteiger partial charge is 0.462 e. The fraction of sp³-hybridized carbons (Fsp3) is 0.571. The third kappa shape index (κ3) is 4.92. The van der Waals surface area contributed by atoms with Crippen LogP contribution >= 0.6 is 11.3 Å². The molecule has 1 aromatic heterocycles. The van der Waals surface area contributed by atoms with Crippen LogP contribution in [0.2, 0.25) is 0 Å². The van der Waals surface area contributed by atoms with E-state index in [9.17, 15) is 4.79 Å². The maximum atomic E-state index is 11.7. The molecule has 0 spiro atoms. The van der Waals surface area contributed by atoms with Crippen LogP contribution in [-0.4, -0.2) is 12.6 Å². The number of nitrogens with two attached hydrogens (primary N) is 1. The van der Waals surface area contributed by atoms with Crippen molar-refractivity contribution in [1.29, 1.82) is 5.26 Å². The number of hydrogen-bond donors (Lipinski definition) is 1. The van der Waals surface area contributed by atoms with Gasteiger partial charge in [-0.1, -0.05) is 0 Å². The third-order valence-corrected chi connectivity index (χ3v) is 3.94. The van der Waals surface area contributed by atoms with Gasteiger partial charge in [-0.2, -0.15) is 5.26 Å². The summed E-state index contributed by atoms with van der Waals surface area (Å²) in [5, 5.41) is 8.87. The molecule has 0 aromatic carbocycles. The number of ether oxygens (including phenoxy) is 1. The Morgan fingerprint density at radius 1 is 1.53 bits per heavy atom. The quantitative estimate of drug-likeness (QED) is 0.639. The van der Waals surface area contributed by atoms with Crippen molar-refractivity contribution in [3.8, 4) is 6.07 Å². The molecule has 0 fully saturated rings. The molecule has 1 rings (SSSR count). The van der Waals surface area contributed by atoms with Gasteiger partial charge in [0.15, 0.2) is 0 Å². The first-order valence-corrected chi connectivity index (χ1v) is 7.11. The summed E-state index contributed by atoms with van der Waals surface area (Å²) in [7, 11) is 0. The van der Waals surface area contributed by atoms with E-state index >= 15 is 0 Å². The molecule has 19 heavy (non-hydrogen) atoms. The highest BCUT2D eigenvalue weighted by molar-refractivity contribution is 7.14. The molecule has 0 saturated carbocycles. The van der Waals surface area contributed by atoms with Crippen molar-refractivity contribution in [1.82, 2.24) is 0 Å². The van der Waals surface area contributed by atoms with E-state index in [4.69, 9.17) is 15.7 Å². The zero-order valence-corrected chi connectivity index (χ0v) is 12.5. The summed E-state index contributed by atoms with van der Waals surface area (Å²) in [5.74, 6) is -0.315. The van der Waals surface area contributed by atoms with Gasteiger partial charge in [0, 0.05) is 10.6 Å². The van der Waals surface area contributed by atoms with Crippen molar-refractivity contribution in [2.75, 3.05) is 12.3 Å². The minimum absolute atomic E-state index is 0.302. The summed E-state index contributed by atoms with van der Waals surface area (Å²) in [4.78, 5) is 13.2. The first-order valence-electron chi connectivity index (χ1n) is 6.30. The van der Waals surface area contributed by atoms with E-state index in [0.717, 1.165) is 24.1 Å². The molecule has 1 heterocycles. The van der Waals surface area contributed by atoms with Crippen molar-refractivity contribution in [3.63, 3.8) is 0 Å². The Morgan fingerprint density at radius 3 is 2.74 bits per heavy atom. The predicted octanol–water partition coefficient (Wildman–Crippen LogP) is 3.52. The van der Waals surface area contributed by atoms with Gasteiger partial charge >= 0.3 is 5.97 Å². The molecule has 0 radical (unpaired) electrons. The van der Waals surface area contributed by atoms with Crippen LogP contribution in [-0.2, 0) is 4.74 Å². The van der Waals surface area contributed by atoms with E-state index in [2.05, 4.69) is 6.07 Å². The van der Waals surface area contributed by atoms with E-state index in [1.54, 1.807) is 6.07 Å². The Kier molecular flexibility index (Phi) is 5.37. The SMILES string of the molecule is Cc1sc(C(=O)OCCCCC(C)(C)C#N)cc1N. The Hall–Kier alpha value is -1.54.